The lowest BCUT2D eigenvalue weighted by atomic mass is 10.1. The van der Waals surface area contributed by atoms with E-state index in [1.54, 1.807) is 79.7 Å². The Kier molecular flexibility index (Phi) is 11.1. The third-order valence-corrected chi connectivity index (χ3v) is 9.47. The van der Waals surface area contributed by atoms with Crippen LogP contribution < -0.4 is 9.62 Å². The number of benzene rings is 3. The van der Waals surface area contributed by atoms with Crippen LogP contribution in [-0.4, -0.2) is 50.0 Å². The normalized spacial score (nSPS) is 12.8. The van der Waals surface area contributed by atoms with E-state index in [1.807, 2.05) is 27.0 Å². The Hall–Kier alpha value is -3.01. The first-order valence-corrected chi connectivity index (χ1v) is 16.1. The molecule has 40 heavy (non-hydrogen) atoms. The van der Waals surface area contributed by atoms with Crippen LogP contribution in [0.15, 0.2) is 82.6 Å². The first-order chi connectivity index (χ1) is 19.0. The predicted molar refractivity (Wildman–Crippen MR) is 163 cm³/mol. The van der Waals surface area contributed by atoms with Crippen molar-refractivity contribution in [2.45, 2.75) is 62.5 Å². The third kappa shape index (κ3) is 8.02. The molecule has 2 atom stereocenters. The summed E-state index contributed by atoms with van der Waals surface area (Å²) in [6.07, 6.45) is 2.65. The molecule has 0 aliphatic heterocycles. The molecule has 0 heterocycles. The highest BCUT2D eigenvalue weighted by Gasteiger charge is 2.32. The number of halogens is 1. The minimum Gasteiger partial charge on any atom is -0.352 e. The van der Waals surface area contributed by atoms with E-state index >= 15 is 0 Å². The van der Waals surface area contributed by atoms with Gasteiger partial charge in [0.25, 0.3) is 10.0 Å². The number of aryl methyl sites for hydroxylation is 1. The molecule has 2 amide bonds. The van der Waals surface area contributed by atoms with E-state index in [-0.39, 0.29) is 23.4 Å². The zero-order valence-electron chi connectivity index (χ0n) is 23.4. The van der Waals surface area contributed by atoms with Gasteiger partial charge in [-0.3, -0.25) is 13.9 Å². The number of hydrogen-bond donors (Lipinski definition) is 1. The molecule has 0 radical (unpaired) electrons. The Bertz CT molecular complexity index is 1400. The molecule has 0 aliphatic carbocycles. The first kappa shape index (κ1) is 31.5. The maximum absolute atomic E-state index is 14.0. The summed E-state index contributed by atoms with van der Waals surface area (Å²) in [6.45, 7) is 7.03. The fourth-order valence-electron chi connectivity index (χ4n) is 3.95. The van der Waals surface area contributed by atoms with Gasteiger partial charge >= 0.3 is 0 Å². The molecule has 0 spiro atoms. The number of amides is 2. The maximum Gasteiger partial charge on any atom is 0.264 e. The van der Waals surface area contributed by atoms with Crippen molar-refractivity contribution in [1.29, 1.82) is 0 Å². The lowest BCUT2D eigenvalue weighted by molar-refractivity contribution is -0.139. The topological polar surface area (TPSA) is 86.8 Å². The van der Waals surface area contributed by atoms with E-state index in [1.165, 1.54) is 16.7 Å². The van der Waals surface area contributed by atoms with E-state index in [0.29, 0.717) is 10.7 Å². The Morgan fingerprint density at radius 3 is 2.10 bits per heavy atom. The number of carbonyl (C=O) groups excluding carboxylic acids is 2. The number of carbonyl (C=O) groups is 2. The second-order valence-corrected chi connectivity index (χ2v) is 12.8. The summed E-state index contributed by atoms with van der Waals surface area (Å²) in [5, 5.41) is 3.48. The molecule has 3 aromatic rings. The fraction of sp³-hybridized carbons (Fsp3) is 0.333. The summed E-state index contributed by atoms with van der Waals surface area (Å²) in [5.74, 6) is -0.819. The van der Waals surface area contributed by atoms with E-state index in [0.717, 1.165) is 26.7 Å². The van der Waals surface area contributed by atoms with Crippen LogP contribution in [0, 0.1) is 6.92 Å². The summed E-state index contributed by atoms with van der Waals surface area (Å²) >= 11 is 7.56. The molecule has 3 rings (SSSR count). The number of nitrogens with zero attached hydrogens (tertiary/aromatic N) is 2. The number of thioether (sulfide) groups is 1. The molecule has 0 saturated heterocycles. The molecule has 3 aromatic carbocycles. The zero-order chi connectivity index (χ0) is 29.4. The highest BCUT2D eigenvalue weighted by Crippen LogP contribution is 2.26. The minimum absolute atomic E-state index is 0.0730. The van der Waals surface area contributed by atoms with Gasteiger partial charge in [-0.05, 0) is 87.5 Å². The monoisotopic (exact) mass is 601 g/mol. The van der Waals surface area contributed by atoms with Crippen molar-refractivity contribution >= 4 is 50.9 Å². The SMILES string of the molecule is CC[C@@H](C)NC(=O)[C@H](C)N(Cc1ccc(Cl)cc1)C(=O)CN(c1ccc(C)cc1)S(=O)(=O)c1ccc(SC)cc1. The van der Waals surface area contributed by atoms with Crippen LogP contribution in [0.3, 0.4) is 0 Å². The Morgan fingerprint density at radius 1 is 0.950 bits per heavy atom. The smallest absolute Gasteiger partial charge is 0.264 e. The van der Waals surface area contributed by atoms with E-state index in [9.17, 15) is 18.0 Å². The summed E-state index contributed by atoms with van der Waals surface area (Å²) < 4.78 is 28.9. The minimum atomic E-state index is -4.11. The molecule has 0 saturated carbocycles. The van der Waals surface area contributed by atoms with Crippen molar-refractivity contribution in [1.82, 2.24) is 10.2 Å². The number of sulfonamides is 1. The zero-order valence-corrected chi connectivity index (χ0v) is 25.8. The van der Waals surface area contributed by atoms with Crippen molar-refractivity contribution in [3.05, 3.63) is 88.9 Å². The standard InChI is InChI=1S/C30H36ClN3O4S2/c1-6-22(3)32-30(36)23(4)33(19-24-9-11-25(31)12-10-24)29(35)20-34(26-13-7-21(2)8-14-26)40(37,38)28-17-15-27(39-5)16-18-28/h7-18,22-23H,6,19-20H2,1-5H3,(H,32,36)/t22-,23+/m1/s1. The molecular formula is C30H36ClN3O4S2. The van der Waals surface area contributed by atoms with Gasteiger partial charge < -0.3 is 10.2 Å². The van der Waals surface area contributed by atoms with Gasteiger partial charge in [0.05, 0.1) is 10.6 Å². The second-order valence-electron chi connectivity index (χ2n) is 9.66. The van der Waals surface area contributed by atoms with Crippen LogP contribution >= 0.6 is 23.4 Å². The fourth-order valence-corrected chi connectivity index (χ4v) is 5.90. The third-order valence-electron chi connectivity index (χ3n) is 6.68. The summed E-state index contributed by atoms with van der Waals surface area (Å²) in [7, 11) is -4.11. The average molecular weight is 602 g/mol. The Labute approximate surface area is 247 Å². The van der Waals surface area contributed by atoms with Gasteiger partial charge in [0.1, 0.15) is 12.6 Å². The molecule has 0 bridgehead atoms. The molecule has 0 unspecified atom stereocenters. The Balaban J connectivity index is 2.01. The van der Waals surface area contributed by atoms with Crippen LogP contribution in [0.5, 0.6) is 0 Å². The van der Waals surface area contributed by atoms with Gasteiger partial charge in [-0.1, -0.05) is 48.4 Å². The van der Waals surface area contributed by atoms with Crippen molar-refractivity contribution < 1.29 is 18.0 Å². The van der Waals surface area contributed by atoms with Crippen molar-refractivity contribution in [3.63, 3.8) is 0 Å². The van der Waals surface area contributed by atoms with Crippen LogP contribution in [0.2, 0.25) is 5.02 Å². The van der Waals surface area contributed by atoms with E-state index in [2.05, 4.69) is 5.32 Å². The molecule has 10 heteroatoms. The number of anilines is 1. The summed E-state index contributed by atoms with van der Waals surface area (Å²) in [4.78, 5) is 29.5. The number of rotatable bonds is 12. The molecule has 0 aromatic heterocycles. The molecule has 0 fully saturated rings. The Morgan fingerprint density at radius 2 is 1.55 bits per heavy atom. The van der Waals surface area contributed by atoms with Gasteiger partial charge in [0, 0.05) is 22.5 Å². The summed E-state index contributed by atoms with van der Waals surface area (Å²) in [5.41, 5.74) is 2.07. The van der Waals surface area contributed by atoms with Crippen LogP contribution in [-0.2, 0) is 26.2 Å². The first-order valence-electron chi connectivity index (χ1n) is 13.0. The maximum atomic E-state index is 14.0. The van der Waals surface area contributed by atoms with Gasteiger partial charge in [-0.25, -0.2) is 8.42 Å². The van der Waals surface area contributed by atoms with Crippen LogP contribution in [0.4, 0.5) is 5.69 Å². The van der Waals surface area contributed by atoms with Crippen molar-refractivity contribution in [2.75, 3.05) is 17.1 Å². The second kappa shape index (κ2) is 14.1. The van der Waals surface area contributed by atoms with Gasteiger partial charge in [0.15, 0.2) is 0 Å². The molecule has 7 nitrogen and oxygen atoms in total. The molecular weight excluding hydrogens is 566 g/mol. The van der Waals surface area contributed by atoms with Gasteiger partial charge in [-0.2, -0.15) is 0 Å². The lowest BCUT2D eigenvalue weighted by Gasteiger charge is -2.32. The molecule has 0 aliphatic rings. The number of hydrogen-bond acceptors (Lipinski definition) is 5. The van der Waals surface area contributed by atoms with E-state index in [4.69, 9.17) is 11.6 Å². The van der Waals surface area contributed by atoms with Crippen molar-refractivity contribution in [2.24, 2.45) is 0 Å². The largest absolute Gasteiger partial charge is 0.352 e. The highest BCUT2D eigenvalue weighted by atomic mass is 35.5. The van der Waals surface area contributed by atoms with E-state index < -0.39 is 28.5 Å². The molecule has 214 valence electrons. The van der Waals surface area contributed by atoms with Crippen LogP contribution in [0.25, 0.3) is 0 Å². The van der Waals surface area contributed by atoms with Gasteiger partial charge in [-0.15, -0.1) is 11.8 Å². The lowest BCUT2D eigenvalue weighted by Crippen LogP contribution is -2.52. The highest BCUT2D eigenvalue weighted by molar-refractivity contribution is 7.98. The summed E-state index contributed by atoms with van der Waals surface area (Å²) in [6, 6.07) is 19.6. The number of nitrogens with one attached hydrogen (secondary N) is 1. The average Bonchev–Trinajstić information content (AvgIpc) is 2.95. The van der Waals surface area contributed by atoms with Gasteiger partial charge in [0.2, 0.25) is 11.8 Å². The van der Waals surface area contributed by atoms with Crippen molar-refractivity contribution in [3.8, 4) is 0 Å². The van der Waals surface area contributed by atoms with Crippen LogP contribution in [0.1, 0.15) is 38.3 Å². The molecule has 1 N–H and O–H groups in total. The quantitative estimate of drug-likeness (QED) is 0.261. The predicted octanol–water partition coefficient (Wildman–Crippen LogP) is 5.90.